The van der Waals surface area contributed by atoms with Crippen LogP contribution in [0.1, 0.15) is 25.0 Å². The monoisotopic (exact) mass is 191 g/mol. The van der Waals surface area contributed by atoms with E-state index in [0.29, 0.717) is 0 Å². The molecule has 1 unspecified atom stereocenters. The molecule has 2 heteroatoms. The molecule has 13 heavy (non-hydrogen) atoms. The fourth-order valence-corrected chi connectivity index (χ4v) is 1.68. The van der Waals surface area contributed by atoms with Gasteiger partial charge in [-0.25, -0.2) is 0 Å². The summed E-state index contributed by atoms with van der Waals surface area (Å²) in [6.07, 6.45) is 0. The first-order valence-corrected chi connectivity index (χ1v) is 4.82. The van der Waals surface area contributed by atoms with Gasteiger partial charge in [0.05, 0.1) is 11.5 Å². The second kappa shape index (κ2) is 3.48. The molecular formula is C11H14NP. The fourth-order valence-electron chi connectivity index (χ4n) is 1.24. The van der Waals surface area contributed by atoms with Crippen molar-refractivity contribution in [3.63, 3.8) is 0 Å². The number of aryl methyl sites for hydroxylation is 1. The number of rotatable bonds is 1. The Morgan fingerprint density at radius 3 is 2.38 bits per heavy atom. The minimum atomic E-state index is -0.392. The molecule has 0 N–H and O–H groups in total. The van der Waals surface area contributed by atoms with Gasteiger partial charge in [-0.15, -0.1) is 9.24 Å². The molecule has 0 saturated carbocycles. The lowest BCUT2D eigenvalue weighted by atomic mass is 9.86. The van der Waals surface area contributed by atoms with Gasteiger partial charge in [-0.3, -0.25) is 0 Å². The van der Waals surface area contributed by atoms with Crippen molar-refractivity contribution in [2.45, 2.75) is 26.2 Å². The molecule has 68 valence electrons. The van der Waals surface area contributed by atoms with Gasteiger partial charge in [-0.05, 0) is 31.6 Å². The summed E-state index contributed by atoms with van der Waals surface area (Å²) in [5, 5.41) is 10.1. The maximum atomic E-state index is 8.97. The van der Waals surface area contributed by atoms with E-state index in [2.05, 4.69) is 27.4 Å². The van der Waals surface area contributed by atoms with E-state index in [1.807, 2.05) is 26.8 Å². The van der Waals surface area contributed by atoms with Crippen LogP contribution >= 0.6 is 9.24 Å². The minimum absolute atomic E-state index is 0.392. The van der Waals surface area contributed by atoms with Crippen molar-refractivity contribution < 1.29 is 0 Å². The fraction of sp³-hybridized carbons (Fsp3) is 0.364. The quantitative estimate of drug-likeness (QED) is 0.625. The summed E-state index contributed by atoms with van der Waals surface area (Å²) in [4.78, 5) is 0. The lowest BCUT2D eigenvalue weighted by Crippen LogP contribution is -2.15. The summed E-state index contributed by atoms with van der Waals surface area (Å²) < 4.78 is 0. The lowest BCUT2D eigenvalue weighted by molar-refractivity contribution is 0.687. The first-order chi connectivity index (χ1) is 5.95. The number of nitrogens with zero attached hydrogens (tertiary/aromatic N) is 1. The highest BCUT2D eigenvalue weighted by Gasteiger charge is 2.19. The van der Waals surface area contributed by atoms with Gasteiger partial charge in [-0.1, -0.05) is 23.8 Å². The van der Waals surface area contributed by atoms with Gasteiger partial charge in [0, 0.05) is 0 Å². The molecule has 0 aliphatic rings. The zero-order valence-electron chi connectivity index (χ0n) is 8.26. The van der Waals surface area contributed by atoms with Crippen LogP contribution in [0.5, 0.6) is 0 Å². The summed E-state index contributed by atoms with van der Waals surface area (Å²) in [6, 6.07) is 8.50. The van der Waals surface area contributed by atoms with E-state index < -0.39 is 5.41 Å². The summed E-state index contributed by atoms with van der Waals surface area (Å²) >= 11 is 0. The van der Waals surface area contributed by atoms with E-state index in [-0.39, 0.29) is 0 Å². The highest BCUT2D eigenvalue weighted by Crippen LogP contribution is 2.22. The van der Waals surface area contributed by atoms with E-state index in [0.717, 1.165) is 10.9 Å². The Morgan fingerprint density at radius 1 is 1.31 bits per heavy atom. The molecule has 1 nitrogen and oxygen atoms in total. The Bertz CT molecular complexity index is 341. The Morgan fingerprint density at radius 2 is 1.92 bits per heavy atom. The molecule has 0 aliphatic carbocycles. The van der Waals surface area contributed by atoms with Crippen LogP contribution in [0.3, 0.4) is 0 Å². The molecule has 1 rings (SSSR count). The van der Waals surface area contributed by atoms with E-state index in [1.165, 1.54) is 5.56 Å². The van der Waals surface area contributed by atoms with Crippen LogP contribution in [-0.2, 0) is 5.41 Å². The minimum Gasteiger partial charge on any atom is -0.197 e. The summed E-state index contributed by atoms with van der Waals surface area (Å²) in [7, 11) is 2.67. The van der Waals surface area contributed by atoms with Crippen LogP contribution in [0, 0.1) is 18.3 Å². The van der Waals surface area contributed by atoms with Crippen molar-refractivity contribution in [2.75, 3.05) is 0 Å². The van der Waals surface area contributed by atoms with Gasteiger partial charge in [0.2, 0.25) is 0 Å². The first kappa shape index (κ1) is 10.2. The third kappa shape index (κ3) is 2.29. The third-order valence-corrected chi connectivity index (χ3v) is 2.43. The van der Waals surface area contributed by atoms with Crippen molar-refractivity contribution in [2.24, 2.45) is 0 Å². The topological polar surface area (TPSA) is 23.8 Å². The van der Waals surface area contributed by atoms with Crippen molar-refractivity contribution in [1.29, 1.82) is 5.26 Å². The normalized spacial score (nSPS) is 11.0. The van der Waals surface area contributed by atoms with Gasteiger partial charge < -0.3 is 0 Å². The summed E-state index contributed by atoms with van der Waals surface area (Å²) in [5.41, 5.74) is 1.89. The van der Waals surface area contributed by atoms with Crippen LogP contribution in [0.4, 0.5) is 0 Å². The second-order valence-corrected chi connectivity index (χ2v) is 4.54. The highest BCUT2D eigenvalue weighted by molar-refractivity contribution is 7.27. The molecule has 0 aromatic heterocycles. The molecule has 0 radical (unpaired) electrons. The average Bonchev–Trinajstić information content (AvgIpc) is 2.02. The molecule has 0 saturated heterocycles. The molecular weight excluding hydrogens is 177 g/mol. The predicted molar refractivity (Wildman–Crippen MR) is 59.2 cm³/mol. The maximum absolute atomic E-state index is 8.97. The van der Waals surface area contributed by atoms with E-state index >= 15 is 0 Å². The van der Waals surface area contributed by atoms with E-state index in [4.69, 9.17) is 5.26 Å². The molecule has 0 aliphatic heterocycles. The first-order valence-electron chi connectivity index (χ1n) is 4.24. The predicted octanol–water partition coefficient (Wildman–Crippen LogP) is 2.30. The average molecular weight is 191 g/mol. The molecule has 0 bridgehead atoms. The van der Waals surface area contributed by atoms with Crippen molar-refractivity contribution in [3.8, 4) is 6.07 Å². The van der Waals surface area contributed by atoms with Gasteiger partial charge in [0.25, 0.3) is 0 Å². The largest absolute Gasteiger partial charge is 0.197 e. The maximum Gasteiger partial charge on any atom is 0.0766 e. The smallest absolute Gasteiger partial charge is 0.0766 e. The van der Waals surface area contributed by atoms with Crippen LogP contribution in [0.25, 0.3) is 0 Å². The third-order valence-electron chi connectivity index (χ3n) is 2.10. The number of nitriles is 1. The summed E-state index contributed by atoms with van der Waals surface area (Å²) in [6.45, 7) is 5.92. The molecule has 1 atom stereocenters. The Hall–Kier alpha value is -0.860. The van der Waals surface area contributed by atoms with Crippen LogP contribution in [-0.4, -0.2) is 0 Å². The zero-order valence-corrected chi connectivity index (χ0v) is 9.41. The standard InChI is InChI=1S/C11H14NP/c1-8-4-9(6-10(13)5-8)11(2,3)7-12/h4-6H,13H2,1-3H3. The summed E-state index contributed by atoms with van der Waals surface area (Å²) in [5.74, 6) is 0. The SMILES string of the molecule is Cc1cc(P)cc(C(C)(C)C#N)c1. The van der Waals surface area contributed by atoms with Crippen LogP contribution in [0.2, 0.25) is 0 Å². The van der Waals surface area contributed by atoms with Gasteiger partial charge in [0.1, 0.15) is 0 Å². The lowest BCUT2D eigenvalue weighted by Gasteiger charge is -2.16. The van der Waals surface area contributed by atoms with Crippen molar-refractivity contribution >= 4 is 14.5 Å². The van der Waals surface area contributed by atoms with Gasteiger partial charge >= 0.3 is 0 Å². The van der Waals surface area contributed by atoms with Gasteiger partial charge in [0.15, 0.2) is 0 Å². The van der Waals surface area contributed by atoms with Crippen molar-refractivity contribution in [3.05, 3.63) is 29.3 Å². The molecule has 1 aromatic rings. The second-order valence-electron chi connectivity index (χ2n) is 3.87. The number of benzene rings is 1. The van der Waals surface area contributed by atoms with Crippen molar-refractivity contribution in [1.82, 2.24) is 0 Å². The molecule has 0 spiro atoms. The Labute approximate surface area is 82.0 Å². The molecule has 0 fully saturated rings. The Kier molecular flexibility index (Phi) is 2.74. The zero-order chi connectivity index (χ0) is 10.1. The van der Waals surface area contributed by atoms with E-state index in [9.17, 15) is 0 Å². The Balaban J connectivity index is 3.25. The number of hydrogen-bond donors (Lipinski definition) is 0. The highest BCUT2D eigenvalue weighted by atomic mass is 31.0. The van der Waals surface area contributed by atoms with E-state index in [1.54, 1.807) is 0 Å². The molecule has 0 amide bonds. The number of hydrogen-bond acceptors (Lipinski definition) is 1. The molecule has 0 heterocycles. The van der Waals surface area contributed by atoms with Gasteiger partial charge in [-0.2, -0.15) is 5.26 Å². The van der Waals surface area contributed by atoms with Crippen LogP contribution < -0.4 is 5.30 Å². The molecule has 1 aromatic carbocycles. The van der Waals surface area contributed by atoms with Crippen LogP contribution in [0.15, 0.2) is 18.2 Å².